The molecule has 9 heteroatoms. The quantitative estimate of drug-likeness (QED) is 0.374. The highest BCUT2D eigenvalue weighted by molar-refractivity contribution is 5.60. The van der Waals surface area contributed by atoms with Crippen LogP contribution in [0.4, 0.5) is 17.5 Å². The number of aromatic nitrogens is 2. The second-order valence-corrected chi connectivity index (χ2v) is 5.49. The lowest BCUT2D eigenvalue weighted by Gasteiger charge is -2.24. The van der Waals surface area contributed by atoms with E-state index in [9.17, 15) is 10.1 Å². The molecule has 0 aliphatic carbocycles. The number of hydrogen-bond donors (Lipinski definition) is 3. The van der Waals surface area contributed by atoms with Crippen LogP contribution in [0.3, 0.4) is 0 Å². The van der Waals surface area contributed by atoms with E-state index in [1.54, 1.807) is 14.0 Å². The molecule has 21 heavy (non-hydrogen) atoms. The van der Waals surface area contributed by atoms with E-state index in [4.69, 9.17) is 10.6 Å². The van der Waals surface area contributed by atoms with Gasteiger partial charge in [0, 0.05) is 20.3 Å². The maximum atomic E-state index is 11.2. The van der Waals surface area contributed by atoms with E-state index >= 15 is 0 Å². The largest absolute Gasteiger partial charge is 0.385 e. The van der Waals surface area contributed by atoms with Gasteiger partial charge in [0.2, 0.25) is 11.8 Å². The van der Waals surface area contributed by atoms with Gasteiger partial charge in [-0.3, -0.25) is 15.5 Å². The van der Waals surface area contributed by atoms with Crippen molar-refractivity contribution in [2.75, 3.05) is 31.0 Å². The Morgan fingerprint density at radius 1 is 1.43 bits per heavy atom. The van der Waals surface area contributed by atoms with Crippen LogP contribution in [0, 0.1) is 22.5 Å². The number of anilines is 2. The Bertz CT molecular complexity index is 506. The van der Waals surface area contributed by atoms with Gasteiger partial charge in [0.1, 0.15) is 5.69 Å². The first-order chi connectivity index (χ1) is 9.80. The average Bonchev–Trinajstić information content (AvgIpc) is 2.42. The number of aryl methyl sites for hydroxylation is 1. The van der Waals surface area contributed by atoms with Gasteiger partial charge < -0.3 is 10.1 Å². The number of nitrogens with zero attached hydrogens (tertiary/aromatic N) is 3. The van der Waals surface area contributed by atoms with E-state index in [1.807, 2.05) is 13.8 Å². The van der Waals surface area contributed by atoms with Gasteiger partial charge in [-0.1, -0.05) is 13.8 Å². The van der Waals surface area contributed by atoms with Crippen molar-refractivity contribution in [2.45, 2.75) is 27.2 Å². The Labute approximate surface area is 123 Å². The van der Waals surface area contributed by atoms with Crippen LogP contribution in [0.2, 0.25) is 0 Å². The molecule has 0 aromatic carbocycles. The van der Waals surface area contributed by atoms with Crippen molar-refractivity contribution in [1.82, 2.24) is 9.97 Å². The van der Waals surface area contributed by atoms with Crippen LogP contribution in [-0.2, 0) is 4.74 Å². The fourth-order valence-electron chi connectivity index (χ4n) is 1.76. The van der Waals surface area contributed by atoms with Gasteiger partial charge in [0.25, 0.3) is 0 Å². The molecule has 0 bridgehead atoms. The lowest BCUT2D eigenvalue weighted by atomic mass is 9.90. The number of hydrogen-bond acceptors (Lipinski definition) is 8. The fourth-order valence-corrected chi connectivity index (χ4v) is 1.76. The average molecular weight is 298 g/mol. The minimum absolute atomic E-state index is 0.0982. The fraction of sp³-hybridized carbons (Fsp3) is 0.667. The molecule has 1 rings (SSSR count). The number of ether oxygens (including phenoxy) is 1. The van der Waals surface area contributed by atoms with Gasteiger partial charge in [-0.05, 0) is 18.8 Å². The zero-order valence-corrected chi connectivity index (χ0v) is 12.8. The van der Waals surface area contributed by atoms with Crippen molar-refractivity contribution in [3.05, 3.63) is 15.8 Å². The third-order valence-electron chi connectivity index (χ3n) is 3.09. The van der Waals surface area contributed by atoms with Crippen molar-refractivity contribution in [3.63, 3.8) is 0 Å². The molecule has 1 aromatic heterocycles. The molecule has 0 radical (unpaired) electrons. The number of nitro groups is 1. The van der Waals surface area contributed by atoms with Crippen LogP contribution >= 0.6 is 0 Å². The molecule has 0 fully saturated rings. The van der Waals surface area contributed by atoms with Crippen molar-refractivity contribution >= 4 is 17.5 Å². The molecular weight excluding hydrogens is 276 g/mol. The number of nitrogen functional groups attached to an aromatic ring is 1. The highest BCUT2D eigenvalue weighted by atomic mass is 16.6. The van der Waals surface area contributed by atoms with E-state index in [-0.39, 0.29) is 28.6 Å². The van der Waals surface area contributed by atoms with Crippen LogP contribution in [0.1, 0.15) is 26.0 Å². The van der Waals surface area contributed by atoms with Gasteiger partial charge in [-0.25, -0.2) is 10.8 Å². The van der Waals surface area contributed by atoms with Crippen LogP contribution in [0.5, 0.6) is 0 Å². The van der Waals surface area contributed by atoms with Crippen molar-refractivity contribution < 1.29 is 9.66 Å². The summed E-state index contributed by atoms with van der Waals surface area (Å²) in [7, 11) is 1.64. The molecule has 0 spiro atoms. The monoisotopic (exact) mass is 298 g/mol. The second kappa shape index (κ2) is 7.14. The Balaban J connectivity index is 2.96. The number of nitrogens with two attached hydrogens (primary N) is 1. The van der Waals surface area contributed by atoms with Crippen LogP contribution in [0.15, 0.2) is 0 Å². The molecule has 9 nitrogen and oxygen atoms in total. The molecule has 0 amide bonds. The standard InChI is InChI=1S/C12H22N6O3/c1-8-9(18(19)20)10(16-11(15-8)17-13)14-7-12(2,3)5-6-21-4/h5-7,13H2,1-4H3,(H2,14,15,16,17). The predicted octanol–water partition coefficient (Wildman–Crippen LogP) is 1.45. The number of rotatable bonds is 8. The Kier molecular flexibility index (Phi) is 5.79. The zero-order valence-electron chi connectivity index (χ0n) is 12.8. The maximum absolute atomic E-state index is 11.2. The maximum Gasteiger partial charge on any atom is 0.332 e. The summed E-state index contributed by atoms with van der Waals surface area (Å²) in [5, 5.41) is 14.2. The third kappa shape index (κ3) is 4.80. The van der Waals surface area contributed by atoms with E-state index in [0.29, 0.717) is 13.2 Å². The molecule has 4 N–H and O–H groups in total. The smallest absolute Gasteiger partial charge is 0.332 e. The molecule has 0 unspecified atom stereocenters. The van der Waals surface area contributed by atoms with Crippen molar-refractivity contribution in [2.24, 2.45) is 11.3 Å². The summed E-state index contributed by atoms with van der Waals surface area (Å²) >= 11 is 0. The van der Waals surface area contributed by atoms with E-state index in [2.05, 4.69) is 20.7 Å². The van der Waals surface area contributed by atoms with Crippen LogP contribution < -0.4 is 16.6 Å². The Morgan fingerprint density at radius 2 is 2.10 bits per heavy atom. The lowest BCUT2D eigenvalue weighted by molar-refractivity contribution is -0.385. The van der Waals surface area contributed by atoms with Gasteiger partial charge in [-0.15, -0.1) is 0 Å². The topological polar surface area (TPSA) is 128 Å². The first-order valence-corrected chi connectivity index (χ1v) is 6.53. The SMILES string of the molecule is COCCC(C)(C)CNc1nc(NN)nc(C)c1[N+](=O)[O-]. The number of hydrazine groups is 1. The molecule has 0 aliphatic rings. The Morgan fingerprint density at radius 3 is 2.62 bits per heavy atom. The van der Waals surface area contributed by atoms with Gasteiger partial charge in [0.05, 0.1) is 4.92 Å². The van der Waals surface area contributed by atoms with E-state index in [0.717, 1.165) is 6.42 Å². The number of methoxy groups -OCH3 is 1. The first kappa shape index (κ1) is 17.1. The van der Waals surface area contributed by atoms with Gasteiger partial charge >= 0.3 is 5.69 Å². The van der Waals surface area contributed by atoms with Crippen molar-refractivity contribution in [1.29, 1.82) is 0 Å². The van der Waals surface area contributed by atoms with Crippen molar-refractivity contribution in [3.8, 4) is 0 Å². The normalized spacial score (nSPS) is 11.3. The molecule has 0 atom stereocenters. The zero-order chi connectivity index (χ0) is 16.0. The summed E-state index contributed by atoms with van der Waals surface area (Å²) < 4.78 is 5.06. The number of nitrogens with one attached hydrogen (secondary N) is 2. The van der Waals surface area contributed by atoms with Gasteiger partial charge in [-0.2, -0.15) is 4.98 Å². The molecule has 0 saturated heterocycles. The minimum atomic E-state index is -0.500. The Hall–Kier alpha value is -2.00. The summed E-state index contributed by atoms with van der Waals surface area (Å²) in [4.78, 5) is 18.6. The van der Waals surface area contributed by atoms with E-state index in [1.165, 1.54) is 0 Å². The molecule has 1 heterocycles. The second-order valence-electron chi connectivity index (χ2n) is 5.49. The molecule has 1 aromatic rings. The summed E-state index contributed by atoms with van der Waals surface area (Å²) in [5.41, 5.74) is 2.31. The van der Waals surface area contributed by atoms with E-state index < -0.39 is 4.92 Å². The minimum Gasteiger partial charge on any atom is -0.385 e. The summed E-state index contributed by atoms with van der Waals surface area (Å²) in [6.45, 7) is 6.76. The molecule has 0 saturated carbocycles. The van der Waals surface area contributed by atoms with Crippen LogP contribution in [0.25, 0.3) is 0 Å². The van der Waals surface area contributed by atoms with Gasteiger partial charge in [0.15, 0.2) is 0 Å². The first-order valence-electron chi connectivity index (χ1n) is 6.53. The van der Waals surface area contributed by atoms with Crippen LogP contribution in [-0.4, -0.2) is 35.2 Å². The summed E-state index contributed by atoms with van der Waals surface area (Å²) in [6, 6.07) is 0. The molecular formula is C12H22N6O3. The molecule has 118 valence electrons. The highest BCUT2D eigenvalue weighted by Gasteiger charge is 2.24. The third-order valence-corrected chi connectivity index (χ3v) is 3.09. The highest BCUT2D eigenvalue weighted by Crippen LogP contribution is 2.28. The summed E-state index contributed by atoms with van der Waals surface area (Å²) in [5.74, 6) is 5.57. The summed E-state index contributed by atoms with van der Waals surface area (Å²) in [6.07, 6.45) is 0.816. The predicted molar refractivity (Wildman–Crippen MR) is 80.0 cm³/mol. The molecule has 0 aliphatic heterocycles. The lowest BCUT2D eigenvalue weighted by Crippen LogP contribution is -2.26.